The Bertz CT molecular complexity index is 411. The molecule has 1 fully saturated rings. The summed E-state index contributed by atoms with van der Waals surface area (Å²) >= 11 is 0. The lowest BCUT2D eigenvalue weighted by molar-refractivity contribution is 0.101. The molecule has 0 bridgehead atoms. The fourth-order valence-corrected chi connectivity index (χ4v) is 2.70. The van der Waals surface area contributed by atoms with Gasteiger partial charge in [0.05, 0.1) is 6.10 Å². The van der Waals surface area contributed by atoms with Gasteiger partial charge in [-0.3, -0.25) is 4.79 Å². The molecule has 1 aromatic rings. The molecule has 0 aliphatic heterocycles. The van der Waals surface area contributed by atoms with Gasteiger partial charge in [0.1, 0.15) is 5.75 Å². The van der Waals surface area contributed by atoms with Crippen LogP contribution in [0.15, 0.2) is 24.3 Å². The average Bonchev–Trinajstić information content (AvgIpc) is 2.39. The van der Waals surface area contributed by atoms with E-state index in [1.807, 2.05) is 24.3 Å². The highest BCUT2D eigenvalue weighted by molar-refractivity contribution is 5.94. The van der Waals surface area contributed by atoms with E-state index in [0.29, 0.717) is 6.10 Å². The lowest BCUT2D eigenvalue weighted by atomic mass is 9.85. The van der Waals surface area contributed by atoms with Crippen molar-refractivity contribution in [3.63, 3.8) is 0 Å². The van der Waals surface area contributed by atoms with Crippen LogP contribution in [0.4, 0.5) is 0 Å². The molecule has 1 aliphatic rings. The van der Waals surface area contributed by atoms with Gasteiger partial charge in [-0.1, -0.05) is 31.9 Å². The van der Waals surface area contributed by atoms with E-state index in [2.05, 4.69) is 6.92 Å². The minimum Gasteiger partial charge on any atom is -0.490 e. The van der Waals surface area contributed by atoms with Gasteiger partial charge in [0, 0.05) is 5.56 Å². The largest absolute Gasteiger partial charge is 0.490 e. The fourth-order valence-electron chi connectivity index (χ4n) is 2.70. The number of Topliss-reactive ketones (excluding diaryl/α,β-unsaturated/α-hetero) is 1. The van der Waals surface area contributed by atoms with Crippen molar-refractivity contribution >= 4 is 5.78 Å². The lowest BCUT2D eigenvalue weighted by Crippen LogP contribution is -2.25. The number of hydrogen-bond donors (Lipinski definition) is 0. The third-order valence-electron chi connectivity index (χ3n) is 3.86. The van der Waals surface area contributed by atoms with Crippen LogP contribution >= 0.6 is 0 Å². The molecule has 0 radical (unpaired) electrons. The van der Waals surface area contributed by atoms with Crippen molar-refractivity contribution in [3.05, 3.63) is 29.8 Å². The number of rotatable bonds is 4. The maximum absolute atomic E-state index is 11.3. The van der Waals surface area contributed by atoms with Crippen LogP contribution in [0.25, 0.3) is 0 Å². The second-order valence-corrected chi connectivity index (χ2v) is 5.26. The SMILES string of the molecule is CCC1CCCC(Oc2cccc(C(C)=O)c2)C1. The van der Waals surface area contributed by atoms with Gasteiger partial charge in [0.2, 0.25) is 0 Å². The molecule has 0 heterocycles. The van der Waals surface area contributed by atoms with Gasteiger partial charge < -0.3 is 4.74 Å². The van der Waals surface area contributed by atoms with Crippen molar-refractivity contribution in [1.29, 1.82) is 0 Å². The van der Waals surface area contributed by atoms with Gasteiger partial charge in [-0.2, -0.15) is 0 Å². The standard InChI is InChI=1S/C16H22O2/c1-3-13-6-4-8-15(10-13)18-16-9-5-7-14(11-16)12(2)17/h5,7,9,11,13,15H,3-4,6,8,10H2,1-2H3. The number of carbonyl (C=O) groups excluding carboxylic acids is 1. The predicted molar refractivity (Wildman–Crippen MR) is 73.1 cm³/mol. The van der Waals surface area contributed by atoms with Crippen molar-refractivity contribution in [2.45, 2.75) is 52.1 Å². The van der Waals surface area contributed by atoms with Crippen LogP contribution < -0.4 is 4.74 Å². The minimum absolute atomic E-state index is 0.0931. The van der Waals surface area contributed by atoms with Crippen LogP contribution in [0.2, 0.25) is 0 Å². The zero-order valence-electron chi connectivity index (χ0n) is 11.3. The van der Waals surface area contributed by atoms with Crippen LogP contribution in [0, 0.1) is 5.92 Å². The van der Waals surface area contributed by atoms with Crippen molar-refractivity contribution in [1.82, 2.24) is 0 Å². The molecule has 2 heteroatoms. The fraction of sp³-hybridized carbons (Fsp3) is 0.562. The monoisotopic (exact) mass is 246 g/mol. The van der Waals surface area contributed by atoms with E-state index in [9.17, 15) is 4.79 Å². The summed E-state index contributed by atoms with van der Waals surface area (Å²) in [4.78, 5) is 11.3. The van der Waals surface area contributed by atoms with Gasteiger partial charge >= 0.3 is 0 Å². The Hall–Kier alpha value is -1.31. The normalized spacial score (nSPS) is 23.7. The van der Waals surface area contributed by atoms with E-state index in [1.54, 1.807) is 6.92 Å². The Kier molecular flexibility index (Phi) is 4.40. The smallest absolute Gasteiger partial charge is 0.159 e. The Balaban J connectivity index is 2.00. The Labute approximate surface area is 109 Å². The third-order valence-corrected chi connectivity index (χ3v) is 3.86. The van der Waals surface area contributed by atoms with Crippen LogP contribution in [0.3, 0.4) is 0 Å². The molecular formula is C16H22O2. The van der Waals surface area contributed by atoms with Crippen LogP contribution in [-0.4, -0.2) is 11.9 Å². The first kappa shape index (κ1) is 13.1. The van der Waals surface area contributed by atoms with Crippen molar-refractivity contribution in [2.75, 3.05) is 0 Å². The maximum atomic E-state index is 11.3. The summed E-state index contributed by atoms with van der Waals surface area (Å²) in [5, 5.41) is 0. The Morgan fingerprint density at radius 3 is 2.94 bits per heavy atom. The summed E-state index contributed by atoms with van der Waals surface area (Å²) in [6, 6.07) is 7.54. The molecule has 2 atom stereocenters. The summed E-state index contributed by atoms with van der Waals surface area (Å²) in [5.41, 5.74) is 0.732. The highest BCUT2D eigenvalue weighted by Crippen LogP contribution is 2.29. The average molecular weight is 246 g/mol. The minimum atomic E-state index is 0.0931. The van der Waals surface area contributed by atoms with Gasteiger partial charge in [0.15, 0.2) is 5.78 Å². The van der Waals surface area contributed by atoms with Crippen LogP contribution in [0.1, 0.15) is 56.3 Å². The molecule has 0 saturated heterocycles. The molecule has 98 valence electrons. The van der Waals surface area contributed by atoms with E-state index in [-0.39, 0.29) is 5.78 Å². The van der Waals surface area contributed by atoms with Crippen LogP contribution in [0.5, 0.6) is 5.75 Å². The molecule has 2 nitrogen and oxygen atoms in total. The first-order valence-electron chi connectivity index (χ1n) is 6.96. The Morgan fingerprint density at radius 1 is 1.39 bits per heavy atom. The molecule has 1 aromatic carbocycles. The van der Waals surface area contributed by atoms with E-state index >= 15 is 0 Å². The molecule has 2 unspecified atom stereocenters. The van der Waals surface area contributed by atoms with E-state index in [1.165, 1.54) is 19.3 Å². The van der Waals surface area contributed by atoms with E-state index < -0.39 is 0 Å². The van der Waals surface area contributed by atoms with Crippen molar-refractivity contribution in [2.24, 2.45) is 5.92 Å². The number of ketones is 1. The molecule has 18 heavy (non-hydrogen) atoms. The summed E-state index contributed by atoms with van der Waals surface area (Å²) in [6.07, 6.45) is 6.46. The Morgan fingerprint density at radius 2 is 2.22 bits per heavy atom. The van der Waals surface area contributed by atoms with Crippen molar-refractivity contribution < 1.29 is 9.53 Å². The number of ether oxygens (including phenoxy) is 1. The molecule has 0 spiro atoms. The number of carbonyl (C=O) groups is 1. The molecule has 0 amide bonds. The summed E-state index contributed by atoms with van der Waals surface area (Å²) in [7, 11) is 0. The molecular weight excluding hydrogens is 224 g/mol. The zero-order chi connectivity index (χ0) is 13.0. The quantitative estimate of drug-likeness (QED) is 0.743. The zero-order valence-corrected chi connectivity index (χ0v) is 11.3. The van der Waals surface area contributed by atoms with Gasteiger partial charge in [-0.05, 0) is 44.2 Å². The predicted octanol–water partition coefficient (Wildman–Crippen LogP) is 4.24. The summed E-state index contributed by atoms with van der Waals surface area (Å²) in [5.74, 6) is 1.74. The third kappa shape index (κ3) is 3.34. The lowest BCUT2D eigenvalue weighted by Gasteiger charge is -2.29. The molecule has 0 N–H and O–H groups in total. The van der Waals surface area contributed by atoms with E-state index in [0.717, 1.165) is 30.1 Å². The highest BCUT2D eigenvalue weighted by atomic mass is 16.5. The molecule has 0 aromatic heterocycles. The van der Waals surface area contributed by atoms with Crippen molar-refractivity contribution in [3.8, 4) is 5.75 Å². The topological polar surface area (TPSA) is 26.3 Å². The summed E-state index contributed by atoms with van der Waals surface area (Å²) < 4.78 is 6.03. The van der Waals surface area contributed by atoms with Crippen LogP contribution in [-0.2, 0) is 0 Å². The van der Waals surface area contributed by atoms with E-state index in [4.69, 9.17) is 4.74 Å². The first-order chi connectivity index (χ1) is 8.69. The molecule has 1 saturated carbocycles. The molecule has 2 rings (SSSR count). The highest BCUT2D eigenvalue weighted by Gasteiger charge is 2.22. The maximum Gasteiger partial charge on any atom is 0.159 e. The summed E-state index contributed by atoms with van der Waals surface area (Å²) in [6.45, 7) is 3.84. The van der Waals surface area contributed by atoms with Gasteiger partial charge in [-0.15, -0.1) is 0 Å². The number of hydrogen-bond acceptors (Lipinski definition) is 2. The second-order valence-electron chi connectivity index (χ2n) is 5.26. The second kappa shape index (κ2) is 6.03. The molecule has 1 aliphatic carbocycles. The van der Waals surface area contributed by atoms with Gasteiger partial charge in [-0.25, -0.2) is 0 Å². The first-order valence-corrected chi connectivity index (χ1v) is 6.96. The number of benzene rings is 1. The van der Waals surface area contributed by atoms with Gasteiger partial charge in [0.25, 0.3) is 0 Å².